The van der Waals surface area contributed by atoms with Gasteiger partial charge in [0.15, 0.2) is 0 Å². The van der Waals surface area contributed by atoms with Crippen molar-refractivity contribution in [1.29, 1.82) is 0 Å². The van der Waals surface area contributed by atoms with Gasteiger partial charge in [0, 0.05) is 49.1 Å². The zero-order valence-corrected chi connectivity index (χ0v) is 18.0. The van der Waals surface area contributed by atoms with E-state index in [1.165, 1.54) is 5.56 Å². The summed E-state index contributed by atoms with van der Waals surface area (Å²) in [4.78, 5) is 29.2. The van der Waals surface area contributed by atoms with Crippen LogP contribution >= 0.6 is 11.6 Å². The maximum atomic E-state index is 12.5. The fourth-order valence-corrected chi connectivity index (χ4v) is 4.05. The molecule has 1 fully saturated rings. The summed E-state index contributed by atoms with van der Waals surface area (Å²) in [6.07, 6.45) is 0.632. The van der Waals surface area contributed by atoms with Crippen LogP contribution in [0.15, 0.2) is 29.5 Å². The number of nitrogens with zero attached hydrogens (tertiary/aromatic N) is 2. The molecule has 3 rings (SSSR count). The Balaban J connectivity index is 1.72. The fourth-order valence-electron chi connectivity index (χ4n) is 3.88. The number of benzene rings is 1. The Morgan fingerprint density at radius 2 is 1.97 bits per heavy atom. The van der Waals surface area contributed by atoms with E-state index in [1.807, 2.05) is 25.1 Å². The molecule has 7 nitrogen and oxygen atoms in total. The maximum absolute atomic E-state index is 12.5. The van der Waals surface area contributed by atoms with E-state index in [-0.39, 0.29) is 18.0 Å². The van der Waals surface area contributed by atoms with Gasteiger partial charge in [-0.2, -0.15) is 0 Å². The van der Waals surface area contributed by atoms with Crippen LogP contribution in [-0.4, -0.2) is 62.3 Å². The van der Waals surface area contributed by atoms with E-state index in [0.717, 1.165) is 36.9 Å². The summed E-state index contributed by atoms with van der Waals surface area (Å²) in [5.74, 6) is -0.366. The minimum absolute atomic E-state index is 0.270. The summed E-state index contributed by atoms with van der Waals surface area (Å²) in [6.45, 7) is 9.99. The Morgan fingerprint density at radius 1 is 1.24 bits per heavy atom. The first-order chi connectivity index (χ1) is 13.9. The number of rotatable bonds is 6. The number of aryl methyl sites for hydroxylation is 1. The molecular formula is C21H29ClN4O3. The lowest BCUT2D eigenvalue weighted by atomic mass is 10.00. The number of piperazine rings is 1. The Bertz CT molecular complexity index is 803. The minimum Gasteiger partial charge on any atom is -0.463 e. The highest BCUT2D eigenvalue weighted by Crippen LogP contribution is 2.26. The topological polar surface area (TPSA) is 73.9 Å². The highest BCUT2D eigenvalue weighted by molar-refractivity contribution is 6.30. The third-order valence-corrected chi connectivity index (χ3v) is 5.65. The molecule has 8 heteroatoms. The van der Waals surface area contributed by atoms with Crippen molar-refractivity contribution in [1.82, 2.24) is 15.5 Å². The van der Waals surface area contributed by atoms with E-state index in [2.05, 4.69) is 27.4 Å². The van der Waals surface area contributed by atoms with Gasteiger partial charge in [-0.15, -0.1) is 0 Å². The molecule has 158 valence electrons. The molecule has 0 aromatic heterocycles. The van der Waals surface area contributed by atoms with Gasteiger partial charge in [-0.05, 0) is 38.0 Å². The van der Waals surface area contributed by atoms with Gasteiger partial charge in [0.1, 0.15) is 0 Å². The second-order valence-electron chi connectivity index (χ2n) is 7.37. The number of hydrogen-bond donors (Lipinski definition) is 2. The van der Waals surface area contributed by atoms with Crippen LogP contribution in [0, 0.1) is 6.92 Å². The average Bonchev–Trinajstić information content (AvgIpc) is 2.70. The van der Waals surface area contributed by atoms with Crippen molar-refractivity contribution in [2.75, 3.05) is 44.2 Å². The van der Waals surface area contributed by atoms with Crippen LogP contribution < -0.4 is 15.5 Å². The Kier molecular flexibility index (Phi) is 7.03. The molecule has 1 saturated heterocycles. The molecule has 1 aromatic rings. The Hall–Kier alpha value is -2.25. The number of halogens is 1. The van der Waals surface area contributed by atoms with Crippen LogP contribution in [0.2, 0.25) is 5.02 Å². The third-order valence-electron chi connectivity index (χ3n) is 5.41. The SMILES string of the molecule is CCOC(=O)C1=C(CN2CCN(c3cc(Cl)ccc3C)CC2)NC(=O)NC1CC. The van der Waals surface area contributed by atoms with Crippen molar-refractivity contribution in [2.45, 2.75) is 33.2 Å². The number of amides is 2. The normalized spacial score (nSPS) is 20.3. The zero-order valence-electron chi connectivity index (χ0n) is 17.3. The molecule has 2 amide bonds. The van der Waals surface area contributed by atoms with Crippen LogP contribution in [0.3, 0.4) is 0 Å². The molecule has 0 spiro atoms. The van der Waals surface area contributed by atoms with E-state index >= 15 is 0 Å². The van der Waals surface area contributed by atoms with Crippen molar-refractivity contribution in [3.63, 3.8) is 0 Å². The van der Waals surface area contributed by atoms with Gasteiger partial charge in [-0.1, -0.05) is 24.6 Å². The molecule has 2 aliphatic rings. The Labute approximate surface area is 177 Å². The lowest BCUT2D eigenvalue weighted by Gasteiger charge is -2.38. The van der Waals surface area contributed by atoms with Gasteiger partial charge in [0.2, 0.25) is 0 Å². The van der Waals surface area contributed by atoms with Crippen molar-refractivity contribution < 1.29 is 14.3 Å². The standard InChI is InChI=1S/C21H29ClN4O3/c1-4-16-19(20(27)29-5-2)17(24-21(28)23-16)13-25-8-10-26(11-9-25)18-12-15(22)7-6-14(18)3/h6-7,12,16H,4-5,8-11,13H2,1-3H3,(H2,23,24,28). The smallest absolute Gasteiger partial charge is 0.337 e. The lowest BCUT2D eigenvalue weighted by molar-refractivity contribution is -0.139. The monoisotopic (exact) mass is 420 g/mol. The van der Waals surface area contributed by atoms with E-state index in [4.69, 9.17) is 16.3 Å². The molecule has 2 aliphatic heterocycles. The van der Waals surface area contributed by atoms with E-state index in [0.29, 0.717) is 30.8 Å². The number of esters is 1. The van der Waals surface area contributed by atoms with Crippen LogP contribution in [0.25, 0.3) is 0 Å². The minimum atomic E-state index is -0.366. The quantitative estimate of drug-likeness (QED) is 0.692. The molecule has 0 bridgehead atoms. The van der Waals surface area contributed by atoms with Gasteiger partial charge < -0.3 is 20.3 Å². The van der Waals surface area contributed by atoms with Gasteiger partial charge in [-0.3, -0.25) is 4.90 Å². The number of carbonyl (C=O) groups excluding carboxylic acids is 2. The van der Waals surface area contributed by atoms with Crippen LogP contribution in [0.1, 0.15) is 25.8 Å². The molecule has 2 N–H and O–H groups in total. The van der Waals surface area contributed by atoms with Gasteiger partial charge in [-0.25, -0.2) is 9.59 Å². The predicted octanol–water partition coefficient (Wildman–Crippen LogP) is 2.68. The van der Waals surface area contributed by atoms with Crippen molar-refractivity contribution in [3.05, 3.63) is 40.1 Å². The molecule has 0 aliphatic carbocycles. The first kappa shape index (κ1) is 21.5. The van der Waals surface area contributed by atoms with Crippen molar-refractivity contribution in [2.24, 2.45) is 0 Å². The van der Waals surface area contributed by atoms with Crippen molar-refractivity contribution in [3.8, 4) is 0 Å². The summed E-state index contributed by atoms with van der Waals surface area (Å²) in [7, 11) is 0. The van der Waals surface area contributed by atoms with Crippen LogP contribution in [-0.2, 0) is 9.53 Å². The van der Waals surface area contributed by atoms with Gasteiger partial charge in [0.05, 0.1) is 18.2 Å². The molecular weight excluding hydrogens is 392 g/mol. The van der Waals surface area contributed by atoms with Crippen LogP contribution in [0.5, 0.6) is 0 Å². The Morgan fingerprint density at radius 3 is 2.62 bits per heavy atom. The second kappa shape index (κ2) is 9.50. The van der Waals surface area contributed by atoms with Gasteiger partial charge in [0.25, 0.3) is 0 Å². The first-order valence-electron chi connectivity index (χ1n) is 10.1. The fraction of sp³-hybridized carbons (Fsp3) is 0.524. The summed E-state index contributed by atoms with van der Waals surface area (Å²) in [5.41, 5.74) is 3.53. The first-order valence-corrected chi connectivity index (χ1v) is 10.5. The van der Waals surface area contributed by atoms with E-state index in [9.17, 15) is 9.59 Å². The molecule has 1 aromatic carbocycles. The number of nitrogens with one attached hydrogen (secondary N) is 2. The number of anilines is 1. The average molecular weight is 421 g/mol. The third kappa shape index (κ3) is 5.03. The molecule has 0 radical (unpaired) electrons. The molecule has 1 atom stereocenters. The summed E-state index contributed by atoms with van der Waals surface area (Å²) < 4.78 is 5.24. The largest absolute Gasteiger partial charge is 0.463 e. The summed E-state index contributed by atoms with van der Waals surface area (Å²) >= 11 is 6.17. The van der Waals surface area contributed by atoms with E-state index in [1.54, 1.807) is 6.92 Å². The summed E-state index contributed by atoms with van der Waals surface area (Å²) in [5, 5.41) is 6.38. The number of ether oxygens (including phenoxy) is 1. The van der Waals surface area contributed by atoms with Crippen molar-refractivity contribution >= 4 is 29.3 Å². The molecule has 29 heavy (non-hydrogen) atoms. The highest BCUT2D eigenvalue weighted by Gasteiger charge is 2.32. The summed E-state index contributed by atoms with van der Waals surface area (Å²) in [6, 6.07) is 5.36. The number of hydrogen-bond acceptors (Lipinski definition) is 5. The lowest BCUT2D eigenvalue weighted by Crippen LogP contribution is -2.54. The zero-order chi connectivity index (χ0) is 21.0. The van der Waals surface area contributed by atoms with E-state index < -0.39 is 0 Å². The second-order valence-corrected chi connectivity index (χ2v) is 7.80. The molecule has 0 saturated carbocycles. The van der Waals surface area contributed by atoms with Gasteiger partial charge >= 0.3 is 12.0 Å². The van der Waals surface area contributed by atoms with Crippen LogP contribution in [0.4, 0.5) is 10.5 Å². The predicted molar refractivity (Wildman–Crippen MR) is 114 cm³/mol. The molecule has 1 unspecified atom stereocenters. The molecule has 2 heterocycles. The number of carbonyl (C=O) groups is 2. The highest BCUT2D eigenvalue weighted by atomic mass is 35.5. The number of urea groups is 1. The maximum Gasteiger partial charge on any atom is 0.337 e.